The number of nitrogens with zero attached hydrogens (tertiary/aromatic N) is 22. The van der Waals surface area contributed by atoms with Gasteiger partial charge in [0.2, 0.25) is 70.8 Å². The second-order valence-electron chi connectivity index (χ2n) is 28.9. The predicted molar refractivity (Wildman–Crippen MR) is 437 cm³/mol. The quantitative estimate of drug-likeness (QED) is 0.108. The Bertz CT molecular complexity index is 8260. The molecule has 0 radical (unpaired) electrons. The van der Waals surface area contributed by atoms with Crippen molar-refractivity contribution in [3.63, 3.8) is 0 Å². The number of aryl methyl sites for hydroxylation is 3. The molecule has 5 aliphatic heterocycles. The van der Waals surface area contributed by atoms with E-state index < -0.39 is 0 Å². The van der Waals surface area contributed by atoms with Crippen LogP contribution >= 0.6 is 0 Å². The fourth-order valence-corrected chi connectivity index (χ4v) is 17.3. The van der Waals surface area contributed by atoms with Gasteiger partial charge in [-0.05, 0) is 128 Å². The normalized spacial score (nSPS) is 12.0. The number of aromatic nitrogens is 12. The Hall–Kier alpha value is -17.7. The third-order valence-corrected chi connectivity index (χ3v) is 22.3. The molecule has 24 heteroatoms. The SMILES string of the molecule is [C-]#[N+]c1cc([N+]#[C-])c2c(c1)c[n+]1n2-c2c(C)ccc(C)c2C1.[C-]#[N+]c1cc([N+]#[C-])c2c(c1)c[n+]1n2-c2c(ccc3c2oc2ncccc23)C1.[C-]#[N+]c1cc([N+]#[C-])c2c(c1)c[n+]1n2-c2cc3oc4ncccc4c3cc2C1.[C-]#[N+]c1ccc(C#N)c2c[n+]3n(c12)-c1cc(C)ccc1C3.[C-]#[N+]c1ccc(C#N)c2c[n+]3n(c12)-c1ccccc1C3. The van der Waals surface area contributed by atoms with Crippen molar-refractivity contribution in [3.05, 3.63) is 354 Å². The van der Waals surface area contributed by atoms with Crippen LogP contribution in [0.3, 0.4) is 0 Å². The third-order valence-electron chi connectivity index (χ3n) is 22.3. The Labute approximate surface area is 664 Å². The summed E-state index contributed by atoms with van der Waals surface area (Å²) in [5.41, 5.74) is 27.4. The van der Waals surface area contributed by atoms with Crippen molar-refractivity contribution < 1.29 is 32.2 Å². The summed E-state index contributed by atoms with van der Waals surface area (Å²) < 4.78 is 32.8. The Balaban J connectivity index is 0.0000000946. The molecule has 0 unspecified atom stereocenters. The molecule has 0 fully saturated rings. The van der Waals surface area contributed by atoms with E-state index in [9.17, 15) is 10.5 Å². The van der Waals surface area contributed by atoms with E-state index in [0.717, 1.165) is 135 Å². The summed E-state index contributed by atoms with van der Waals surface area (Å²) in [6, 6.07) is 56.8. The third kappa shape index (κ3) is 10.4. The standard InChI is InChI=1S/2C21H10N5O.C18H13N4.C17H11N4.C16H9N4/c1-22-14-8-13-11-25-10-12-5-6-15-16-4-3-7-24-21(16)27-20(15)19(12)26(25)18(13)17(9-14)23-2;1-22-14-6-13-11-25-10-12-7-16-15-4-3-5-24-21(15)27-19(16)9-18(12)26(25)20(13)17(8-14)23-2;1-11-5-6-12(2)17-15(11)10-21-9-13-7-14(19-3)8-16(20-4)18(13)22(17)21;1-11-3-4-13-9-20-10-14-12(8-18)5-6-15(19-2)17(14)21(20)16(13)7-11;1-18-14-7-6-11(8-17)13-10-19-9-12-4-2-3-5-15(12)20(19)16(13)14/h2*3-9,11H,10H2;5-9H,10H2,1-2H3;3-7,10H,9H2,1H3;2-7,10H,9H2/q5*+1. The molecular weight excluding hydrogens is 1460 g/mol. The number of hydrogen-bond donors (Lipinski definition) is 0. The van der Waals surface area contributed by atoms with Gasteiger partial charge in [-0.15, -0.1) is 46.8 Å². The van der Waals surface area contributed by atoms with E-state index in [0.29, 0.717) is 81.1 Å². The van der Waals surface area contributed by atoms with Crippen molar-refractivity contribution in [2.45, 2.75) is 53.5 Å². The van der Waals surface area contributed by atoms with Gasteiger partial charge >= 0.3 is 0 Å². The summed E-state index contributed by atoms with van der Waals surface area (Å²) in [4.78, 5) is 37.3. The van der Waals surface area contributed by atoms with E-state index in [1.807, 2.05) is 112 Å². The maximum Gasteiger partial charge on any atom is 0.227 e. The highest BCUT2D eigenvalue weighted by molar-refractivity contribution is 6.09. The lowest BCUT2D eigenvalue weighted by Crippen LogP contribution is -2.36. The largest absolute Gasteiger partial charge is 0.438 e. The average Bonchev–Trinajstić information content (AvgIpc) is 1.55. The van der Waals surface area contributed by atoms with Gasteiger partial charge in [-0.1, -0.05) is 66.7 Å². The molecule has 24 nitrogen and oxygen atoms in total. The molecule has 14 heterocycles. The summed E-state index contributed by atoms with van der Waals surface area (Å²) in [6.07, 6.45) is 13.4. The Morgan fingerprint density at radius 1 is 0.359 bits per heavy atom. The molecule has 10 aromatic carbocycles. The van der Waals surface area contributed by atoms with Gasteiger partial charge in [-0.3, -0.25) is 0 Å². The smallest absolute Gasteiger partial charge is 0.227 e. The summed E-state index contributed by atoms with van der Waals surface area (Å²) in [5.74, 6) is 0. The highest BCUT2D eigenvalue weighted by Gasteiger charge is 2.38. The van der Waals surface area contributed by atoms with Crippen LogP contribution in [-0.2, 0) is 32.7 Å². The number of fused-ring (bicyclic) bond motifs is 32. The van der Waals surface area contributed by atoms with Gasteiger partial charge < -0.3 is 8.83 Å². The van der Waals surface area contributed by atoms with Gasteiger partial charge in [0.1, 0.15) is 55.9 Å². The summed E-state index contributed by atoms with van der Waals surface area (Å²) in [7, 11) is 0. The van der Waals surface area contributed by atoms with E-state index >= 15 is 0 Å². The van der Waals surface area contributed by atoms with Gasteiger partial charge in [0.15, 0.2) is 61.1 Å². The van der Waals surface area contributed by atoms with Crippen molar-refractivity contribution >= 4 is 144 Å². The van der Waals surface area contributed by atoms with Gasteiger partial charge in [-0.25, -0.2) is 48.7 Å². The molecule has 542 valence electrons. The van der Waals surface area contributed by atoms with Crippen LogP contribution in [0.15, 0.2) is 216 Å². The molecule has 0 saturated heterocycles. The monoisotopic (exact) mass is 1510 g/mol. The number of nitriles is 2. The van der Waals surface area contributed by atoms with Gasteiger partial charge in [-0.2, -0.15) is 10.5 Å². The number of benzene rings is 10. The Kier molecular flexibility index (Phi) is 15.4. The van der Waals surface area contributed by atoms with Gasteiger partial charge in [0, 0.05) is 72.9 Å². The zero-order valence-corrected chi connectivity index (χ0v) is 62.3. The fourth-order valence-electron chi connectivity index (χ4n) is 17.3. The molecule has 0 saturated carbocycles. The van der Waals surface area contributed by atoms with E-state index in [2.05, 4.69) is 169 Å². The van der Waals surface area contributed by atoms with Crippen LogP contribution in [0.25, 0.3) is 166 Å². The number of para-hydroxylation sites is 1. The van der Waals surface area contributed by atoms with Crippen molar-refractivity contribution in [1.82, 2.24) is 33.4 Å². The number of furan rings is 2. The Morgan fingerprint density at radius 3 is 1.41 bits per heavy atom. The lowest BCUT2D eigenvalue weighted by molar-refractivity contribution is -0.749. The summed E-state index contributed by atoms with van der Waals surface area (Å²) in [6.45, 7) is 69.2. The second kappa shape index (κ2) is 26.3. The van der Waals surface area contributed by atoms with Crippen molar-refractivity contribution in [2.75, 3.05) is 0 Å². The van der Waals surface area contributed by atoms with Crippen molar-refractivity contribution in [1.29, 1.82) is 10.5 Å². The molecule has 0 amide bonds. The molecule has 19 aromatic rings. The molecule has 24 rings (SSSR count). The zero-order valence-electron chi connectivity index (χ0n) is 62.3. The lowest BCUT2D eigenvalue weighted by Gasteiger charge is -2.06. The molecule has 5 aliphatic rings. The molecule has 0 N–H and O–H groups in total. The predicted octanol–water partition coefficient (Wildman–Crippen LogP) is 19.1. The minimum Gasteiger partial charge on any atom is -0.438 e. The summed E-state index contributed by atoms with van der Waals surface area (Å²) in [5, 5.41) is 27.0. The number of rotatable bonds is 0. The molecule has 0 bridgehead atoms. The van der Waals surface area contributed by atoms with Crippen LogP contribution in [0, 0.1) is 96.0 Å². The second-order valence-corrected chi connectivity index (χ2v) is 28.9. The van der Waals surface area contributed by atoms with E-state index in [1.165, 1.54) is 44.6 Å². The topological polar surface area (TPSA) is 179 Å². The molecule has 0 atom stereocenters. The highest BCUT2D eigenvalue weighted by atomic mass is 16.3. The maximum absolute atomic E-state index is 9.28. The fraction of sp³-hybridized carbons (Fsp3) is 0.0860. The highest BCUT2D eigenvalue weighted by Crippen LogP contribution is 2.44. The minimum absolute atomic E-state index is 0.469. The Morgan fingerprint density at radius 2 is 0.829 bits per heavy atom. The lowest BCUT2D eigenvalue weighted by atomic mass is 10.0. The van der Waals surface area contributed by atoms with Gasteiger partial charge in [0.05, 0.1) is 97.7 Å². The number of hydrogen-bond acceptors (Lipinski definition) is 6. The zero-order chi connectivity index (χ0) is 79.9. The first-order chi connectivity index (χ1) is 57.2. The van der Waals surface area contributed by atoms with Crippen LogP contribution in [0.2, 0.25) is 0 Å². The minimum atomic E-state index is 0.469. The van der Waals surface area contributed by atoms with Crippen LogP contribution in [0.4, 0.5) is 45.5 Å². The van der Waals surface area contributed by atoms with Crippen LogP contribution in [0.1, 0.15) is 55.6 Å². The molecule has 117 heavy (non-hydrogen) atoms. The molecule has 0 aliphatic carbocycles. The van der Waals surface area contributed by atoms with Crippen LogP contribution in [-0.4, -0.2) is 33.4 Å². The molecular formula is C93H53N22O2+5. The summed E-state index contributed by atoms with van der Waals surface area (Å²) >= 11 is 0. The first-order valence-electron chi connectivity index (χ1n) is 36.9. The molecule has 9 aromatic heterocycles. The number of pyridine rings is 2. The van der Waals surface area contributed by atoms with E-state index in [1.54, 1.807) is 54.9 Å². The van der Waals surface area contributed by atoms with Crippen molar-refractivity contribution in [3.8, 4) is 40.6 Å². The van der Waals surface area contributed by atoms with Crippen LogP contribution in [0.5, 0.6) is 0 Å². The first-order valence-corrected chi connectivity index (χ1v) is 36.9. The van der Waals surface area contributed by atoms with Gasteiger partial charge in [0.25, 0.3) is 0 Å². The maximum atomic E-state index is 9.28. The first kappa shape index (κ1) is 68.6. The van der Waals surface area contributed by atoms with Crippen LogP contribution < -0.4 is 23.4 Å². The van der Waals surface area contributed by atoms with E-state index in [-0.39, 0.29) is 0 Å². The van der Waals surface area contributed by atoms with Crippen molar-refractivity contribution in [2.24, 2.45) is 0 Å². The van der Waals surface area contributed by atoms with E-state index in [4.69, 9.17) is 61.4 Å². The average molecular weight is 1510 g/mol. The molecule has 0 spiro atoms.